The molecule has 1 N–H and O–H groups in total. The first kappa shape index (κ1) is 13.6. The van der Waals surface area contributed by atoms with Crippen LogP contribution in [-0.4, -0.2) is 16.1 Å². The van der Waals surface area contributed by atoms with E-state index in [1.54, 1.807) is 0 Å². The van der Waals surface area contributed by atoms with E-state index in [2.05, 4.69) is 44.5 Å². The predicted octanol–water partition coefficient (Wildman–Crippen LogP) is 2.87. The van der Waals surface area contributed by atoms with Crippen molar-refractivity contribution in [1.29, 1.82) is 0 Å². The first-order chi connectivity index (χ1) is 8.39. The molecule has 0 spiro atoms. The molecule has 3 heteroatoms. The van der Waals surface area contributed by atoms with E-state index in [1.807, 2.05) is 0 Å². The van der Waals surface area contributed by atoms with Gasteiger partial charge in [-0.15, -0.1) is 0 Å². The zero-order chi connectivity index (χ0) is 13.3. The molecule has 102 valence electrons. The highest BCUT2D eigenvalue weighted by Crippen LogP contribution is 2.27. The van der Waals surface area contributed by atoms with Crippen molar-refractivity contribution < 1.29 is 0 Å². The summed E-state index contributed by atoms with van der Waals surface area (Å²) >= 11 is 0. The van der Waals surface area contributed by atoms with Crippen LogP contribution in [-0.2, 0) is 24.9 Å². The Morgan fingerprint density at radius 2 is 2.06 bits per heavy atom. The zero-order valence-corrected chi connectivity index (χ0v) is 12.5. The number of rotatable bonds is 3. The zero-order valence-electron chi connectivity index (χ0n) is 12.5. The maximum atomic E-state index is 4.90. The highest BCUT2D eigenvalue weighted by Gasteiger charge is 2.26. The van der Waals surface area contributed by atoms with Gasteiger partial charge in [0.15, 0.2) is 0 Å². The minimum absolute atomic E-state index is 0.133. The highest BCUT2D eigenvalue weighted by atomic mass is 15.1. The van der Waals surface area contributed by atoms with Crippen LogP contribution in [0.4, 0.5) is 0 Å². The summed E-state index contributed by atoms with van der Waals surface area (Å²) in [4.78, 5) is 4.90. The van der Waals surface area contributed by atoms with Gasteiger partial charge in [0.2, 0.25) is 0 Å². The van der Waals surface area contributed by atoms with Crippen LogP contribution < -0.4 is 5.32 Å². The number of aromatic nitrogens is 2. The lowest BCUT2D eigenvalue weighted by Crippen LogP contribution is -2.26. The fraction of sp³-hybridized carbons (Fsp3) is 0.800. The molecule has 1 aromatic heterocycles. The third-order valence-electron chi connectivity index (χ3n) is 3.59. The van der Waals surface area contributed by atoms with Crippen molar-refractivity contribution in [2.75, 3.05) is 6.54 Å². The van der Waals surface area contributed by atoms with Crippen LogP contribution in [0, 0.1) is 5.92 Å². The topological polar surface area (TPSA) is 29.9 Å². The Hall–Kier alpha value is -0.830. The van der Waals surface area contributed by atoms with Gasteiger partial charge in [0.1, 0.15) is 5.82 Å². The Labute approximate surface area is 111 Å². The van der Waals surface area contributed by atoms with Gasteiger partial charge in [-0.05, 0) is 12.3 Å². The minimum Gasteiger partial charge on any atom is -0.331 e. The summed E-state index contributed by atoms with van der Waals surface area (Å²) in [6.45, 7) is 14.5. The van der Waals surface area contributed by atoms with Crippen molar-refractivity contribution in [2.45, 2.75) is 66.0 Å². The molecule has 1 aromatic rings. The Morgan fingerprint density at radius 1 is 1.33 bits per heavy atom. The first-order valence-corrected chi connectivity index (χ1v) is 7.19. The average molecular weight is 249 g/mol. The molecular formula is C15H27N3. The van der Waals surface area contributed by atoms with Crippen molar-refractivity contribution in [3.05, 3.63) is 17.2 Å². The van der Waals surface area contributed by atoms with Crippen LogP contribution >= 0.6 is 0 Å². The smallest absolute Gasteiger partial charge is 0.114 e. The molecule has 0 saturated carbocycles. The van der Waals surface area contributed by atoms with E-state index in [4.69, 9.17) is 4.98 Å². The van der Waals surface area contributed by atoms with Gasteiger partial charge in [-0.2, -0.15) is 0 Å². The Morgan fingerprint density at radius 3 is 2.67 bits per heavy atom. The minimum atomic E-state index is 0.133. The number of hydrogen-bond acceptors (Lipinski definition) is 2. The second kappa shape index (κ2) is 5.04. The summed E-state index contributed by atoms with van der Waals surface area (Å²) in [5.41, 5.74) is 2.88. The van der Waals surface area contributed by atoms with E-state index in [1.165, 1.54) is 23.6 Å². The molecule has 0 aromatic carbocycles. The van der Waals surface area contributed by atoms with Gasteiger partial charge in [0.25, 0.3) is 0 Å². The third-order valence-corrected chi connectivity index (χ3v) is 3.59. The molecule has 0 amide bonds. The number of nitrogens with zero attached hydrogens (tertiary/aromatic N) is 2. The number of imidazole rings is 1. The molecule has 0 fully saturated rings. The molecule has 2 rings (SSSR count). The normalized spacial score (nSPS) is 16.1. The molecule has 3 nitrogen and oxygen atoms in total. The van der Waals surface area contributed by atoms with Crippen LogP contribution in [0.3, 0.4) is 0 Å². The third kappa shape index (κ3) is 2.77. The van der Waals surface area contributed by atoms with Crippen LogP contribution in [0.15, 0.2) is 0 Å². The lowest BCUT2D eigenvalue weighted by atomic mass is 9.95. The van der Waals surface area contributed by atoms with E-state index in [-0.39, 0.29) is 5.41 Å². The second-order valence-electron chi connectivity index (χ2n) is 6.84. The Balaban J connectivity index is 2.36. The van der Waals surface area contributed by atoms with Crippen molar-refractivity contribution in [2.24, 2.45) is 5.92 Å². The van der Waals surface area contributed by atoms with Gasteiger partial charge in [-0.3, -0.25) is 0 Å². The van der Waals surface area contributed by atoms with Crippen LogP contribution in [0.2, 0.25) is 0 Å². The number of nitrogens with one attached hydrogen (secondary N) is 1. The maximum absolute atomic E-state index is 4.90. The molecule has 0 saturated heterocycles. The summed E-state index contributed by atoms with van der Waals surface area (Å²) < 4.78 is 2.50. The summed E-state index contributed by atoms with van der Waals surface area (Å²) in [5, 5.41) is 3.42. The van der Waals surface area contributed by atoms with Crippen molar-refractivity contribution in [3.63, 3.8) is 0 Å². The first-order valence-electron chi connectivity index (χ1n) is 7.19. The SMILES string of the molecule is CC(C)CCn1c(C(C)(C)C)nc2c1CCNC2. The van der Waals surface area contributed by atoms with Crippen molar-refractivity contribution in [1.82, 2.24) is 14.9 Å². The lowest BCUT2D eigenvalue weighted by molar-refractivity contribution is 0.448. The van der Waals surface area contributed by atoms with Gasteiger partial charge >= 0.3 is 0 Å². The maximum Gasteiger partial charge on any atom is 0.114 e. The summed E-state index contributed by atoms with van der Waals surface area (Å²) in [7, 11) is 0. The van der Waals surface area contributed by atoms with Crippen LogP contribution in [0.5, 0.6) is 0 Å². The van der Waals surface area contributed by atoms with Crippen molar-refractivity contribution >= 4 is 0 Å². The molecule has 0 aliphatic carbocycles. The molecule has 1 aliphatic rings. The number of hydrogen-bond donors (Lipinski definition) is 1. The largest absolute Gasteiger partial charge is 0.331 e. The van der Waals surface area contributed by atoms with Gasteiger partial charge in [-0.1, -0.05) is 34.6 Å². The summed E-state index contributed by atoms with van der Waals surface area (Å²) in [5.74, 6) is 2.01. The molecule has 18 heavy (non-hydrogen) atoms. The van der Waals surface area contributed by atoms with E-state index in [9.17, 15) is 0 Å². The quantitative estimate of drug-likeness (QED) is 0.892. The Bertz CT molecular complexity index is 410. The van der Waals surface area contributed by atoms with Gasteiger partial charge in [0.05, 0.1) is 5.69 Å². The standard InChI is InChI=1S/C15H27N3/c1-11(2)7-9-18-13-6-8-16-10-12(13)17-14(18)15(3,4)5/h11,16H,6-10H2,1-5H3. The molecule has 0 unspecified atom stereocenters. The van der Waals surface area contributed by atoms with Gasteiger partial charge < -0.3 is 9.88 Å². The molecule has 2 heterocycles. The van der Waals surface area contributed by atoms with E-state index >= 15 is 0 Å². The lowest BCUT2D eigenvalue weighted by Gasteiger charge is -2.22. The average Bonchev–Trinajstić information content (AvgIpc) is 2.64. The fourth-order valence-corrected chi connectivity index (χ4v) is 2.57. The molecule has 0 radical (unpaired) electrons. The fourth-order valence-electron chi connectivity index (χ4n) is 2.57. The van der Waals surface area contributed by atoms with Crippen LogP contribution in [0.1, 0.15) is 58.3 Å². The van der Waals surface area contributed by atoms with Gasteiger partial charge in [0, 0.05) is 37.2 Å². The monoisotopic (exact) mass is 249 g/mol. The van der Waals surface area contributed by atoms with Gasteiger partial charge in [-0.25, -0.2) is 4.98 Å². The van der Waals surface area contributed by atoms with E-state index in [0.29, 0.717) is 0 Å². The number of fused-ring (bicyclic) bond motifs is 1. The Kier molecular flexibility index (Phi) is 3.81. The molecule has 1 aliphatic heterocycles. The van der Waals surface area contributed by atoms with Crippen molar-refractivity contribution in [3.8, 4) is 0 Å². The predicted molar refractivity (Wildman–Crippen MR) is 75.8 cm³/mol. The summed E-state index contributed by atoms with van der Waals surface area (Å²) in [6, 6.07) is 0. The van der Waals surface area contributed by atoms with Crippen LogP contribution in [0.25, 0.3) is 0 Å². The second-order valence-corrected chi connectivity index (χ2v) is 6.84. The molecular weight excluding hydrogens is 222 g/mol. The molecule has 0 bridgehead atoms. The highest BCUT2D eigenvalue weighted by molar-refractivity contribution is 5.23. The van der Waals surface area contributed by atoms with E-state index in [0.717, 1.165) is 32.0 Å². The van der Waals surface area contributed by atoms with E-state index < -0.39 is 0 Å². The molecule has 0 atom stereocenters. The summed E-state index contributed by atoms with van der Waals surface area (Å²) in [6.07, 6.45) is 2.36.